The van der Waals surface area contributed by atoms with Crippen molar-refractivity contribution < 1.29 is 19.1 Å². The third-order valence-electron chi connectivity index (χ3n) is 5.29. The molecule has 4 rings (SSSR count). The van der Waals surface area contributed by atoms with Gasteiger partial charge < -0.3 is 14.8 Å². The van der Waals surface area contributed by atoms with Crippen LogP contribution >= 0.6 is 23.4 Å². The second-order valence-corrected chi connectivity index (χ2v) is 9.32. The van der Waals surface area contributed by atoms with E-state index in [-0.39, 0.29) is 24.8 Å². The molecule has 3 aromatic carbocycles. The molecule has 9 heteroatoms. The van der Waals surface area contributed by atoms with Crippen LogP contribution < -0.4 is 14.8 Å². The zero-order valence-corrected chi connectivity index (χ0v) is 20.8. The number of benzene rings is 3. The Kier molecular flexibility index (Phi) is 7.94. The van der Waals surface area contributed by atoms with Crippen LogP contribution in [0.5, 0.6) is 11.5 Å². The van der Waals surface area contributed by atoms with Crippen LogP contribution in [-0.4, -0.2) is 41.4 Å². The third kappa shape index (κ3) is 6.15. The number of nitrogens with one attached hydrogen (secondary N) is 1. The number of anilines is 1. The Bertz CT molecular complexity index is 1250. The molecule has 0 saturated carbocycles. The number of halogens is 1. The molecule has 1 N–H and O–H groups in total. The van der Waals surface area contributed by atoms with Crippen LogP contribution in [0.2, 0.25) is 5.02 Å². The molecule has 0 radical (unpaired) electrons. The van der Waals surface area contributed by atoms with Crippen molar-refractivity contribution in [1.82, 2.24) is 4.90 Å². The lowest BCUT2D eigenvalue weighted by atomic mass is 10.1. The van der Waals surface area contributed by atoms with E-state index < -0.39 is 5.25 Å². The lowest BCUT2D eigenvalue weighted by Crippen LogP contribution is -2.44. The van der Waals surface area contributed by atoms with E-state index in [1.807, 2.05) is 42.5 Å². The number of carbonyl (C=O) groups excluding carboxylic acids is 2. The van der Waals surface area contributed by atoms with Gasteiger partial charge in [0.1, 0.15) is 5.25 Å². The first-order valence-corrected chi connectivity index (χ1v) is 12.1. The zero-order valence-electron chi connectivity index (χ0n) is 19.2. The smallest absolute Gasteiger partial charge is 0.238 e. The summed E-state index contributed by atoms with van der Waals surface area (Å²) >= 11 is 7.29. The molecule has 3 aromatic rings. The summed E-state index contributed by atoms with van der Waals surface area (Å²) in [6, 6.07) is 21.7. The third-order valence-corrected chi connectivity index (χ3v) is 6.72. The van der Waals surface area contributed by atoms with Gasteiger partial charge in [-0.25, -0.2) is 4.99 Å². The predicted octanol–water partition coefficient (Wildman–Crippen LogP) is 5.52. The first-order valence-electron chi connectivity index (χ1n) is 10.8. The van der Waals surface area contributed by atoms with Crippen LogP contribution in [-0.2, 0) is 16.1 Å². The van der Waals surface area contributed by atoms with E-state index in [1.54, 1.807) is 49.5 Å². The zero-order chi connectivity index (χ0) is 24.8. The molecule has 0 aromatic heterocycles. The molecular weight excluding hydrogens is 486 g/mol. The minimum Gasteiger partial charge on any atom is -0.493 e. The highest BCUT2D eigenvalue weighted by Gasteiger charge is 2.36. The molecule has 35 heavy (non-hydrogen) atoms. The minimum absolute atomic E-state index is 0.0398. The van der Waals surface area contributed by atoms with Crippen LogP contribution in [0.1, 0.15) is 12.0 Å². The Morgan fingerprint density at radius 2 is 1.83 bits per heavy atom. The Labute approximate surface area is 213 Å². The Morgan fingerprint density at radius 1 is 1.06 bits per heavy atom. The molecule has 1 fully saturated rings. The number of nitrogens with zero attached hydrogens (tertiary/aromatic N) is 2. The number of para-hydroxylation sites is 1. The molecule has 2 amide bonds. The van der Waals surface area contributed by atoms with Gasteiger partial charge in [0, 0.05) is 17.1 Å². The predicted molar refractivity (Wildman–Crippen MR) is 140 cm³/mol. The summed E-state index contributed by atoms with van der Waals surface area (Å²) < 4.78 is 10.7. The van der Waals surface area contributed by atoms with Crippen molar-refractivity contribution in [2.24, 2.45) is 4.99 Å². The fourth-order valence-corrected chi connectivity index (χ4v) is 4.85. The van der Waals surface area contributed by atoms with Gasteiger partial charge in [0.15, 0.2) is 16.7 Å². The number of hydrogen-bond acceptors (Lipinski definition) is 6. The maximum absolute atomic E-state index is 13.3. The van der Waals surface area contributed by atoms with Crippen molar-refractivity contribution in [1.29, 1.82) is 0 Å². The van der Waals surface area contributed by atoms with Crippen LogP contribution in [0, 0.1) is 0 Å². The van der Waals surface area contributed by atoms with Crippen molar-refractivity contribution in [3.8, 4) is 11.5 Å². The van der Waals surface area contributed by atoms with Gasteiger partial charge in [-0.2, -0.15) is 0 Å². The van der Waals surface area contributed by atoms with Gasteiger partial charge in [0.2, 0.25) is 11.8 Å². The largest absolute Gasteiger partial charge is 0.493 e. The average Bonchev–Trinajstić information content (AvgIpc) is 2.86. The molecule has 7 nitrogen and oxygen atoms in total. The van der Waals surface area contributed by atoms with Crippen molar-refractivity contribution in [2.45, 2.75) is 18.2 Å². The lowest BCUT2D eigenvalue weighted by molar-refractivity contribution is -0.129. The van der Waals surface area contributed by atoms with Crippen LogP contribution in [0.3, 0.4) is 0 Å². The van der Waals surface area contributed by atoms with E-state index in [0.29, 0.717) is 33.1 Å². The summed E-state index contributed by atoms with van der Waals surface area (Å²) in [6.07, 6.45) is 0.0398. The van der Waals surface area contributed by atoms with E-state index in [1.165, 1.54) is 11.8 Å². The number of thioether (sulfide) groups is 1. The van der Waals surface area contributed by atoms with Crippen molar-refractivity contribution in [2.75, 3.05) is 19.5 Å². The molecule has 1 saturated heterocycles. The summed E-state index contributed by atoms with van der Waals surface area (Å²) in [6.45, 7) is 0.278. The standard InChI is InChI=1S/C26H24ClN3O4S/c1-33-21-12-11-17(13-22(21)34-2)16-30-24(31)15-23(25(32)28-20-10-6-7-18(27)14-20)35-26(30)29-19-8-4-3-5-9-19/h3-14,23H,15-16H2,1-2H3,(H,28,32). The maximum atomic E-state index is 13.3. The van der Waals surface area contributed by atoms with Gasteiger partial charge in [0.25, 0.3) is 0 Å². The summed E-state index contributed by atoms with van der Waals surface area (Å²) in [7, 11) is 3.14. The topological polar surface area (TPSA) is 80.2 Å². The summed E-state index contributed by atoms with van der Waals surface area (Å²) in [5.74, 6) is 0.700. The molecule has 0 bridgehead atoms. The molecule has 0 spiro atoms. The normalized spacial score (nSPS) is 16.8. The highest BCUT2D eigenvalue weighted by atomic mass is 35.5. The summed E-state index contributed by atoms with van der Waals surface area (Å²) in [5, 5.41) is 3.18. The van der Waals surface area contributed by atoms with Crippen LogP contribution in [0.4, 0.5) is 11.4 Å². The second kappa shape index (κ2) is 11.3. The van der Waals surface area contributed by atoms with E-state index >= 15 is 0 Å². The first-order chi connectivity index (χ1) is 17.0. The Hall–Kier alpha value is -3.49. The SMILES string of the molecule is COc1ccc(CN2C(=O)CC(C(=O)Nc3cccc(Cl)c3)SC2=Nc2ccccc2)cc1OC. The van der Waals surface area contributed by atoms with Crippen molar-refractivity contribution in [3.63, 3.8) is 0 Å². The molecule has 180 valence electrons. The molecule has 1 aliphatic heterocycles. The van der Waals surface area contributed by atoms with Crippen molar-refractivity contribution >= 4 is 51.7 Å². The van der Waals surface area contributed by atoms with Gasteiger partial charge in [-0.3, -0.25) is 14.5 Å². The highest BCUT2D eigenvalue weighted by molar-refractivity contribution is 8.15. The number of aliphatic imine (C=N–C) groups is 1. The Balaban J connectivity index is 1.60. The molecule has 1 heterocycles. The molecule has 1 aliphatic rings. The maximum Gasteiger partial charge on any atom is 0.238 e. The van der Waals surface area contributed by atoms with Gasteiger partial charge in [-0.15, -0.1) is 0 Å². The molecular formula is C26H24ClN3O4S. The number of hydrogen-bond donors (Lipinski definition) is 1. The fraction of sp³-hybridized carbons (Fsp3) is 0.192. The second-order valence-electron chi connectivity index (χ2n) is 7.71. The summed E-state index contributed by atoms with van der Waals surface area (Å²) in [4.78, 5) is 32.6. The monoisotopic (exact) mass is 509 g/mol. The molecule has 1 atom stereocenters. The Morgan fingerprint density at radius 3 is 2.54 bits per heavy atom. The molecule has 0 aliphatic carbocycles. The summed E-state index contributed by atoms with van der Waals surface area (Å²) in [5.41, 5.74) is 2.11. The van der Waals surface area contributed by atoms with Crippen LogP contribution in [0.25, 0.3) is 0 Å². The number of rotatable bonds is 7. The van der Waals surface area contributed by atoms with Gasteiger partial charge in [0.05, 0.1) is 26.5 Å². The number of amidine groups is 1. The lowest BCUT2D eigenvalue weighted by Gasteiger charge is -2.32. The number of amides is 2. The van der Waals surface area contributed by atoms with Gasteiger partial charge in [-0.1, -0.05) is 53.7 Å². The van der Waals surface area contributed by atoms with Gasteiger partial charge >= 0.3 is 0 Å². The quantitative estimate of drug-likeness (QED) is 0.453. The number of ether oxygens (including phenoxy) is 2. The average molecular weight is 510 g/mol. The van der Waals surface area contributed by atoms with E-state index in [0.717, 1.165) is 5.56 Å². The fourth-order valence-electron chi connectivity index (χ4n) is 3.56. The van der Waals surface area contributed by atoms with E-state index in [2.05, 4.69) is 5.32 Å². The number of carbonyl (C=O) groups is 2. The number of methoxy groups -OCH3 is 2. The first kappa shape index (κ1) is 24.6. The van der Waals surface area contributed by atoms with Crippen LogP contribution in [0.15, 0.2) is 77.8 Å². The van der Waals surface area contributed by atoms with Crippen molar-refractivity contribution in [3.05, 3.63) is 83.4 Å². The van der Waals surface area contributed by atoms with E-state index in [4.69, 9.17) is 26.1 Å². The van der Waals surface area contributed by atoms with E-state index in [9.17, 15) is 9.59 Å². The molecule has 1 unspecified atom stereocenters. The van der Waals surface area contributed by atoms with Gasteiger partial charge in [-0.05, 0) is 48.0 Å². The minimum atomic E-state index is -0.634. The highest BCUT2D eigenvalue weighted by Crippen LogP contribution is 2.33.